The predicted octanol–water partition coefficient (Wildman–Crippen LogP) is 3.47. The Bertz CT molecular complexity index is 997. The summed E-state index contributed by atoms with van der Waals surface area (Å²) in [4.78, 5) is 17.2. The molecule has 3 rings (SSSR count). The highest BCUT2D eigenvalue weighted by atomic mass is 35.5. The summed E-state index contributed by atoms with van der Waals surface area (Å²) in [5.74, 6) is -0.802. The number of nitrogens with zero attached hydrogens (tertiary/aromatic N) is 2. The summed E-state index contributed by atoms with van der Waals surface area (Å²) in [5, 5.41) is 9.25. The van der Waals surface area contributed by atoms with Crippen LogP contribution in [0.25, 0.3) is 0 Å². The maximum atomic E-state index is 12.8. The number of carboxylic acid groups (broad SMARTS) is 1. The lowest BCUT2D eigenvalue weighted by molar-refractivity contribution is -0.137. The molecule has 2 heterocycles. The number of rotatable bonds is 10. The fourth-order valence-electron chi connectivity index (χ4n) is 3.65. The Morgan fingerprint density at radius 3 is 2.74 bits per heavy atom. The minimum absolute atomic E-state index is 0.0444. The van der Waals surface area contributed by atoms with E-state index in [2.05, 4.69) is 20.7 Å². The lowest BCUT2D eigenvalue weighted by atomic mass is 10.1. The molecule has 1 aromatic carbocycles. The van der Waals surface area contributed by atoms with Crippen LogP contribution in [0.2, 0.25) is 5.02 Å². The molecule has 2 aromatic rings. The average molecular weight is 464 g/mol. The summed E-state index contributed by atoms with van der Waals surface area (Å²) >= 11 is 5.87. The Kier molecular flexibility index (Phi) is 8.20. The van der Waals surface area contributed by atoms with Crippen molar-refractivity contribution >= 4 is 27.6 Å². The molecule has 0 aliphatic carbocycles. The van der Waals surface area contributed by atoms with Gasteiger partial charge in [0.25, 0.3) is 0 Å². The van der Waals surface area contributed by atoms with Gasteiger partial charge in [0.2, 0.25) is 10.0 Å². The highest BCUT2D eigenvalue weighted by Gasteiger charge is 2.33. The van der Waals surface area contributed by atoms with E-state index in [1.807, 2.05) is 18.2 Å². The Morgan fingerprint density at radius 1 is 1.29 bits per heavy atom. The summed E-state index contributed by atoms with van der Waals surface area (Å²) in [5.41, 5.74) is 1.05. The number of allylic oxidation sites excluding steroid dienone is 1. The number of benzene rings is 1. The van der Waals surface area contributed by atoms with E-state index in [0.717, 1.165) is 5.56 Å². The first-order chi connectivity index (χ1) is 14.8. The van der Waals surface area contributed by atoms with E-state index in [0.29, 0.717) is 37.4 Å². The zero-order chi connectivity index (χ0) is 22.3. The van der Waals surface area contributed by atoms with Crippen LogP contribution in [0.1, 0.15) is 31.2 Å². The molecule has 0 spiro atoms. The van der Waals surface area contributed by atoms with Crippen molar-refractivity contribution in [3.05, 3.63) is 71.5 Å². The first-order valence-electron chi connectivity index (χ1n) is 10.1. The quantitative estimate of drug-likeness (QED) is 0.413. The third-order valence-corrected chi connectivity index (χ3v) is 6.91. The van der Waals surface area contributed by atoms with Gasteiger partial charge in [-0.1, -0.05) is 29.8 Å². The molecule has 0 bridgehead atoms. The highest BCUT2D eigenvalue weighted by Crippen LogP contribution is 2.24. The van der Waals surface area contributed by atoms with E-state index in [9.17, 15) is 13.2 Å². The molecule has 7 nitrogen and oxygen atoms in total. The van der Waals surface area contributed by atoms with E-state index in [4.69, 9.17) is 16.7 Å². The molecule has 1 saturated heterocycles. The molecule has 9 heteroatoms. The molecule has 31 heavy (non-hydrogen) atoms. The Morgan fingerprint density at radius 2 is 2.06 bits per heavy atom. The molecule has 0 radical (unpaired) electrons. The summed E-state index contributed by atoms with van der Waals surface area (Å²) in [6.07, 6.45) is 9.57. The molecule has 1 fully saturated rings. The molecule has 0 unspecified atom stereocenters. The van der Waals surface area contributed by atoms with Gasteiger partial charge in [-0.3, -0.25) is 14.7 Å². The van der Waals surface area contributed by atoms with Crippen LogP contribution in [-0.2, 0) is 21.4 Å². The zero-order valence-electron chi connectivity index (χ0n) is 17.0. The van der Waals surface area contributed by atoms with Gasteiger partial charge in [-0.05, 0) is 55.2 Å². The minimum atomic E-state index is -3.66. The minimum Gasteiger partial charge on any atom is -0.481 e. The van der Waals surface area contributed by atoms with E-state index >= 15 is 0 Å². The van der Waals surface area contributed by atoms with Gasteiger partial charge in [0.1, 0.15) is 0 Å². The van der Waals surface area contributed by atoms with Crippen molar-refractivity contribution in [1.82, 2.24) is 14.6 Å². The van der Waals surface area contributed by atoms with Gasteiger partial charge in [0, 0.05) is 49.0 Å². The second-order valence-corrected chi connectivity index (χ2v) is 9.73. The highest BCUT2D eigenvalue weighted by molar-refractivity contribution is 7.89. The van der Waals surface area contributed by atoms with E-state index in [-0.39, 0.29) is 23.4 Å². The van der Waals surface area contributed by atoms with Gasteiger partial charge in [-0.2, -0.15) is 0 Å². The second kappa shape index (κ2) is 10.9. The van der Waals surface area contributed by atoms with Gasteiger partial charge in [0.15, 0.2) is 0 Å². The van der Waals surface area contributed by atoms with Crippen LogP contribution < -0.4 is 4.72 Å². The third kappa shape index (κ3) is 7.14. The van der Waals surface area contributed by atoms with Crippen molar-refractivity contribution < 1.29 is 18.3 Å². The van der Waals surface area contributed by atoms with Gasteiger partial charge in [-0.25, -0.2) is 13.1 Å². The first kappa shape index (κ1) is 23.4. The Balaban J connectivity index is 1.68. The topological polar surface area (TPSA) is 99.6 Å². The van der Waals surface area contributed by atoms with Crippen molar-refractivity contribution in [2.24, 2.45) is 0 Å². The number of pyridine rings is 1. The van der Waals surface area contributed by atoms with Crippen LogP contribution in [0.4, 0.5) is 0 Å². The van der Waals surface area contributed by atoms with Gasteiger partial charge >= 0.3 is 5.97 Å². The number of aliphatic carboxylic acids is 1. The summed E-state index contributed by atoms with van der Waals surface area (Å²) in [6.45, 7) is 1.21. The van der Waals surface area contributed by atoms with Crippen LogP contribution >= 0.6 is 11.6 Å². The van der Waals surface area contributed by atoms with Crippen LogP contribution in [0.3, 0.4) is 0 Å². The fourth-order valence-corrected chi connectivity index (χ4v) is 5.02. The number of nitrogens with one attached hydrogen (secondary N) is 1. The Hall–Kier alpha value is -2.26. The lowest BCUT2D eigenvalue weighted by Gasteiger charge is -2.21. The van der Waals surface area contributed by atoms with Crippen LogP contribution in [-0.4, -0.2) is 48.0 Å². The monoisotopic (exact) mass is 463 g/mol. The number of aromatic nitrogens is 1. The van der Waals surface area contributed by atoms with E-state index < -0.39 is 16.0 Å². The number of carbonyl (C=O) groups is 1. The molecule has 1 aliphatic rings. The smallest absolute Gasteiger partial charge is 0.303 e. The first-order valence-corrected chi connectivity index (χ1v) is 12.0. The van der Waals surface area contributed by atoms with E-state index in [1.54, 1.807) is 24.5 Å². The summed E-state index contributed by atoms with van der Waals surface area (Å²) < 4.78 is 28.4. The summed E-state index contributed by atoms with van der Waals surface area (Å²) in [7, 11) is -3.66. The van der Waals surface area contributed by atoms with Crippen LogP contribution in [0.15, 0.2) is 65.8 Å². The zero-order valence-corrected chi connectivity index (χ0v) is 18.6. The molecule has 2 N–H and O–H groups in total. The number of unbranched alkanes of at least 4 members (excludes halogenated alkanes) is 1. The second-order valence-electron chi connectivity index (χ2n) is 7.58. The van der Waals surface area contributed by atoms with Gasteiger partial charge in [0.05, 0.1) is 4.90 Å². The molecular weight excluding hydrogens is 438 g/mol. The van der Waals surface area contributed by atoms with Crippen LogP contribution in [0, 0.1) is 0 Å². The predicted molar refractivity (Wildman–Crippen MR) is 119 cm³/mol. The standard InChI is InChI=1S/C22H26ClN3O4S/c23-18-8-10-21(11-9-18)31(29,30)25-19-13-20(6-2-1-3-7-22(27)28)26(16-19)15-17-5-4-12-24-14-17/h2,4-6,8-12,14,19-20,25H,1,3,7,13,15-16H2,(H,27,28)/b6-2-/t19-,20+/m1/s1. The molecule has 2 atom stereocenters. The van der Waals surface area contributed by atoms with Crippen molar-refractivity contribution in [1.29, 1.82) is 0 Å². The molecule has 1 aliphatic heterocycles. The normalized spacial score (nSPS) is 19.8. The maximum absolute atomic E-state index is 12.8. The van der Waals surface area contributed by atoms with Crippen molar-refractivity contribution in [3.63, 3.8) is 0 Å². The number of halogens is 1. The van der Waals surface area contributed by atoms with Crippen LogP contribution in [0.5, 0.6) is 0 Å². The summed E-state index contributed by atoms with van der Waals surface area (Å²) in [6, 6.07) is 9.77. The van der Waals surface area contributed by atoms with Crippen molar-refractivity contribution in [2.45, 2.75) is 49.2 Å². The van der Waals surface area contributed by atoms with E-state index in [1.165, 1.54) is 12.1 Å². The molecule has 0 saturated carbocycles. The number of likely N-dealkylation sites (tertiary alicyclic amines) is 1. The lowest BCUT2D eigenvalue weighted by Crippen LogP contribution is -2.37. The number of hydrogen-bond acceptors (Lipinski definition) is 5. The SMILES string of the molecule is O=C(O)CCC/C=C\[C@H]1C[C@@H](NS(=O)(=O)c2ccc(Cl)cc2)CN1Cc1cccnc1. The molecule has 166 valence electrons. The average Bonchev–Trinajstić information content (AvgIpc) is 3.08. The molecule has 1 aromatic heterocycles. The van der Waals surface area contributed by atoms with Crippen molar-refractivity contribution in [2.75, 3.05) is 6.54 Å². The van der Waals surface area contributed by atoms with Crippen molar-refractivity contribution in [3.8, 4) is 0 Å². The Labute approximate surface area is 187 Å². The largest absolute Gasteiger partial charge is 0.481 e. The molecule has 0 amide bonds. The maximum Gasteiger partial charge on any atom is 0.303 e. The van der Waals surface area contributed by atoms with Gasteiger partial charge < -0.3 is 5.11 Å². The number of hydrogen-bond donors (Lipinski definition) is 2. The number of sulfonamides is 1. The van der Waals surface area contributed by atoms with Gasteiger partial charge in [-0.15, -0.1) is 0 Å². The molecular formula is C22H26ClN3O4S. The third-order valence-electron chi connectivity index (χ3n) is 5.12. The number of carboxylic acids is 1. The fraction of sp³-hybridized carbons (Fsp3) is 0.364.